The van der Waals surface area contributed by atoms with E-state index in [-0.39, 0.29) is 23.6 Å². The van der Waals surface area contributed by atoms with Crippen LogP contribution in [0.4, 0.5) is 4.79 Å². The molecule has 0 radical (unpaired) electrons. The Kier molecular flexibility index (Phi) is 4.67. The van der Waals surface area contributed by atoms with Crippen LogP contribution >= 0.6 is 0 Å². The van der Waals surface area contributed by atoms with Crippen LogP contribution in [0.5, 0.6) is 0 Å². The molecule has 3 fully saturated rings. The Morgan fingerprint density at radius 2 is 1.32 bits per heavy atom. The van der Waals surface area contributed by atoms with E-state index in [9.17, 15) is 13.2 Å². The average Bonchev–Trinajstić information content (AvgIpc) is 2.93. The monoisotopic (exact) mass is 328 g/mol. The van der Waals surface area contributed by atoms with Crippen LogP contribution in [-0.2, 0) is 9.84 Å². The van der Waals surface area contributed by atoms with Crippen molar-refractivity contribution in [3.8, 4) is 0 Å². The van der Waals surface area contributed by atoms with Gasteiger partial charge in [-0.1, -0.05) is 12.8 Å². The molecule has 2 N–H and O–H groups in total. The van der Waals surface area contributed by atoms with Crippen LogP contribution in [0.3, 0.4) is 0 Å². The SMILES string of the molecule is O=C(NC1CCC2(CCCC2)CC1)NC1CCS(=O)(=O)CC1. The molecule has 2 aliphatic carbocycles. The van der Waals surface area contributed by atoms with Crippen molar-refractivity contribution in [2.24, 2.45) is 5.41 Å². The van der Waals surface area contributed by atoms with Gasteiger partial charge in [-0.2, -0.15) is 0 Å². The number of amides is 2. The molecular formula is C16H28N2O3S. The van der Waals surface area contributed by atoms with E-state index in [1.54, 1.807) is 0 Å². The lowest BCUT2D eigenvalue weighted by atomic mass is 9.71. The fourth-order valence-corrected chi connectivity index (χ4v) is 5.94. The second kappa shape index (κ2) is 6.38. The molecule has 5 nitrogen and oxygen atoms in total. The molecule has 0 aromatic carbocycles. The molecule has 1 saturated heterocycles. The lowest BCUT2D eigenvalue weighted by molar-refractivity contribution is 0.166. The van der Waals surface area contributed by atoms with Crippen LogP contribution in [0.25, 0.3) is 0 Å². The zero-order chi connectivity index (χ0) is 15.6. The molecular weight excluding hydrogens is 300 g/mol. The summed E-state index contributed by atoms with van der Waals surface area (Å²) in [6.07, 6.45) is 11.3. The van der Waals surface area contributed by atoms with Crippen LogP contribution < -0.4 is 10.6 Å². The van der Waals surface area contributed by atoms with E-state index >= 15 is 0 Å². The molecule has 1 heterocycles. The molecule has 3 rings (SSSR count). The van der Waals surface area contributed by atoms with Gasteiger partial charge in [0.2, 0.25) is 0 Å². The van der Waals surface area contributed by atoms with Crippen molar-refractivity contribution >= 4 is 15.9 Å². The summed E-state index contributed by atoms with van der Waals surface area (Å²) in [5, 5.41) is 6.04. The summed E-state index contributed by atoms with van der Waals surface area (Å²) < 4.78 is 22.8. The van der Waals surface area contributed by atoms with Crippen molar-refractivity contribution in [2.75, 3.05) is 11.5 Å². The van der Waals surface area contributed by atoms with Gasteiger partial charge in [-0.25, -0.2) is 13.2 Å². The van der Waals surface area contributed by atoms with Gasteiger partial charge < -0.3 is 10.6 Å². The molecule has 0 atom stereocenters. The van der Waals surface area contributed by atoms with E-state index < -0.39 is 9.84 Å². The normalized spacial score (nSPS) is 28.5. The van der Waals surface area contributed by atoms with Crippen LogP contribution in [0.1, 0.15) is 64.2 Å². The Balaban J connectivity index is 1.39. The van der Waals surface area contributed by atoms with Gasteiger partial charge in [0.1, 0.15) is 9.84 Å². The van der Waals surface area contributed by atoms with Gasteiger partial charge in [0, 0.05) is 12.1 Å². The first-order chi connectivity index (χ1) is 10.5. The minimum absolute atomic E-state index is 0.00768. The van der Waals surface area contributed by atoms with Gasteiger partial charge in [0.05, 0.1) is 11.5 Å². The van der Waals surface area contributed by atoms with Crippen molar-refractivity contribution in [1.82, 2.24) is 10.6 Å². The number of urea groups is 1. The summed E-state index contributed by atoms with van der Waals surface area (Å²) in [6.45, 7) is 0. The van der Waals surface area contributed by atoms with Gasteiger partial charge in [-0.15, -0.1) is 0 Å². The van der Waals surface area contributed by atoms with E-state index in [4.69, 9.17) is 0 Å². The first-order valence-corrected chi connectivity index (χ1v) is 10.6. The number of nitrogens with one attached hydrogen (secondary N) is 2. The summed E-state index contributed by atoms with van der Waals surface area (Å²) in [4.78, 5) is 12.1. The molecule has 0 aromatic rings. The highest BCUT2D eigenvalue weighted by Gasteiger charge is 2.37. The van der Waals surface area contributed by atoms with E-state index in [0.717, 1.165) is 12.8 Å². The largest absolute Gasteiger partial charge is 0.335 e. The first kappa shape index (κ1) is 16.1. The molecule has 0 unspecified atom stereocenters. The highest BCUT2D eigenvalue weighted by Crippen LogP contribution is 2.48. The summed E-state index contributed by atoms with van der Waals surface area (Å²) >= 11 is 0. The second-order valence-corrected chi connectivity index (χ2v) is 9.83. The quantitative estimate of drug-likeness (QED) is 0.817. The van der Waals surface area contributed by atoms with Crippen molar-refractivity contribution in [1.29, 1.82) is 0 Å². The lowest BCUT2D eigenvalue weighted by Gasteiger charge is -2.37. The van der Waals surface area contributed by atoms with Crippen molar-refractivity contribution in [2.45, 2.75) is 76.3 Å². The number of hydrogen-bond acceptors (Lipinski definition) is 3. The highest BCUT2D eigenvalue weighted by atomic mass is 32.2. The number of carbonyl (C=O) groups is 1. The van der Waals surface area contributed by atoms with Crippen LogP contribution in [-0.4, -0.2) is 38.0 Å². The van der Waals surface area contributed by atoms with Gasteiger partial charge >= 0.3 is 6.03 Å². The van der Waals surface area contributed by atoms with Crippen LogP contribution in [0, 0.1) is 5.41 Å². The van der Waals surface area contributed by atoms with E-state index in [1.165, 1.54) is 38.5 Å². The number of sulfone groups is 1. The standard InChI is InChI=1S/C16H28N2O3S/c19-15(18-14-5-11-22(20,21)12-6-14)17-13-3-9-16(10-4-13)7-1-2-8-16/h13-14H,1-12H2,(H2,17,18,19). The van der Waals surface area contributed by atoms with Crippen LogP contribution in [0.2, 0.25) is 0 Å². The lowest BCUT2D eigenvalue weighted by Crippen LogP contribution is -2.49. The molecule has 6 heteroatoms. The molecule has 2 saturated carbocycles. The molecule has 1 spiro atoms. The van der Waals surface area contributed by atoms with Crippen LogP contribution in [0.15, 0.2) is 0 Å². The Labute approximate surface area is 133 Å². The molecule has 2 amide bonds. The summed E-state index contributed by atoms with van der Waals surface area (Å²) in [5.41, 5.74) is 0.590. The molecule has 3 aliphatic rings. The Morgan fingerprint density at radius 3 is 1.86 bits per heavy atom. The van der Waals surface area contributed by atoms with Crippen molar-refractivity contribution < 1.29 is 13.2 Å². The van der Waals surface area contributed by atoms with E-state index in [0.29, 0.717) is 24.3 Å². The minimum atomic E-state index is -2.86. The van der Waals surface area contributed by atoms with Gasteiger partial charge in [0.15, 0.2) is 0 Å². The maximum Gasteiger partial charge on any atom is 0.315 e. The predicted octanol–water partition coefficient (Wildman–Crippen LogP) is 2.37. The Bertz CT molecular complexity index is 487. The van der Waals surface area contributed by atoms with E-state index in [1.807, 2.05) is 0 Å². The third-order valence-electron chi connectivity index (χ3n) is 5.94. The fourth-order valence-electron chi connectivity index (χ4n) is 4.45. The topological polar surface area (TPSA) is 75.3 Å². The third kappa shape index (κ3) is 3.94. The minimum Gasteiger partial charge on any atom is -0.335 e. The summed E-state index contributed by atoms with van der Waals surface area (Å²) in [7, 11) is -2.86. The Hall–Kier alpha value is -0.780. The number of hydrogen-bond donors (Lipinski definition) is 2. The molecule has 1 aliphatic heterocycles. The van der Waals surface area contributed by atoms with Crippen molar-refractivity contribution in [3.05, 3.63) is 0 Å². The second-order valence-electron chi connectivity index (χ2n) is 7.53. The van der Waals surface area contributed by atoms with Gasteiger partial charge in [-0.05, 0) is 56.8 Å². The summed E-state index contributed by atoms with van der Waals surface area (Å²) in [6, 6.07) is 0.184. The van der Waals surface area contributed by atoms with Gasteiger partial charge in [-0.3, -0.25) is 0 Å². The van der Waals surface area contributed by atoms with E-state index in [2.05, 4.69) is 10.6 Å². The third-order valence-corrected chi connectivity index (χ3v) is 7.65. The molecule has 126 valence electrons. The number of carbonyl (C=O) groups excluding carboxylic acids is 1. The highest BCUT2D eigenvalue weighted by molar-refractivity contribution is 7.91. The smallest absolute Gasteiger partial charge is 0.315 e. The average molecular weight is 328 g/mol. The van der Waals surface area contributed by atoms with Gasteiger partial charge in [0.25, 0.3) is 0 Å². The Morgan fingerprint density at radius 1 is 0.818 bits per heavy atom. The molecule has 0 bridgehead atoms. The zero-order valence-electron chi connectivity index (χ0n) is 13.3. The first-order valence-electron chi connectivity index (χ1n) is 8.74. The summed E-state index contributed by atoms with van der Waals surface area (Å²) in [5.74, 6) is 0.397. The molecule has 22 heavy (non-hydrogen) atoms. The van der Waals surface area contributed by atoms with Crippen molar-refractivity contribution in [3.63, 3.8) is 0 Å². The predicted molar refractivity (Wildman–Crippen MR) is 86.5 cm³/mol. The molecule has 0 aromatic heterocycles. The fraction of sp³-hybridized carbons (Fsp3) is 0.938. The number of rotatable bonds is 2. The zero-order valence-corrected chi connectivity index (χ0v) is 14.1. The maximum atomic E-state index is 12.1. The maximum absolute atomic E-state index is 12.1.